The standard InChI is InChI=1S/C12H17N3O3/c16-7-6-15(9-3-4-9)8-11(17)14-12(18)10-2-1-5-13-10/h1-2,5,9,13,16H,3-4,6-8H2,(H,14,17,18). The average Bonchev–Trinajstić information content (AvgIpc) is 3.03. The Balaban J connectivity index is 1.82. The fraction of sp³-hybridized carbons (Fsp3) is 0.500. The third-order valence-corrected chi connectivity index (χ3v) is 2.89. The number of nitrogens with one attached hydrogen (secondary N) is 2. The lowest BCUT2D eigenvalue weighted by Gasteiger charge is -2.19. The maximum atomic E-state index is 11.7. The Bertz CT molecular complexity index is 412. The zero-order valence-electron chi connectivity index (χ0n) is 10.1. The summed E-state index contributed by atoms with van der Waals surface area (Å²) in [7, 11) is 0. The molecule has 6 nitrogen and oxygen atoms in total. The quantitative estimate of drug-likeness (QED) is 0.649. The molecule has 0 aromatic carbocycles. The van der Waals surface area contributed by atoms with Crippen molar-refractivity contribution >= 4 is 11.8 Å². The molecule has 0 bridgehead atoms. The van der Waals surface area contributed by atoms with Crippen molar-refractivity contribution in [2.45, 2.75) is 18.9 Å². The van der Waals surface area contributed by atoms with Gasteiger partial charge in [-0.25, -0.2) is 0 Å². The smallest absolute Gasteiger partial charge is 0.274 e. The van der Waals surface area contributed by atoms with Crippen LogP contribution in [0.3, 0.4) is 0 Å². The molecule has 1 fully saturated rings. The predicted octanol–water partition coefficient (Wildman–Crippen LogP) is -0.272. The fourth-order valence-corrected chi connectivity index (χ4v) is 1.85. The molecule has 0 spiro atoms. The Morgan fingerprint density at radius 3 is 2.83 bits per heavy atom. The summed E-state index contributed by atoms with van der Waals surface area (Å²) in [6.45, 7) is 0.640. The Labute approximate surface area is 105 Å². The molecule has 0 radical (unpaired) electrons. The molecule has 1 aliphatic rings. The lowest BCUT2D eigenvalue weighted by Crippen LogP contribution is -2.42. The molecule has 3 N–H and O–H groups in total. The van der Waals surface area contributed by atoms with Crippen molar-refractivity contribution in [3.63, 3.8) is 0 Å². The highest BCUT2D eigenvalue weighted by atomic mass is 16.3. The molecule has 1 heterocycles. The normalized spacial score (nSPS) is 14.8. The van der Waals surface area contributed by atoms with E-state index in [0.717, 1.165) is 12.8 Å². The van der Waals surface area contributed by atoms with E-state index in [9.17, 15) is 9.59 Å². The van der Waals surface area contributed by atoms with Crippen LogP contribution in [0, 0.1) is 0 Å². The van der Waals surface area contributed by atoms with Crippen LogP contribution in [0.25, 0.3) is 0 Å². The van der Waals surface area contributed by atoms with Crippen LogP contribution in [0.15, 0.2) is 18.3 Å². The van der Waals surface area contributed by atoms with Crippen molar-refractivity contribution in [2.24, 2.45) is 0 Å². The van der Waals surface area contributed by atoms with Crippen LogP contribution in [0.4, 0.5) is 0 Å². The summed E-state index contributed by atoms with van der Waals surface area (Å²) < 4.78 is 0. The molecule has 1 aromatic rings. The van der Waals surface area contributed by atoms with Gasteiger partial charge in [-0.15, -0.1) is 0 Å². The van der Waals surface area contributed by atoms with Gasteiger partial charge in [0.2, 0.25) is 5.91 Å². The summed E-state index contributed by atoms with van der Waals surface area (Å²) in [5, 5.41) is 11.2. The van der Waals surface area contributed by atoms with E-state index in [4.69, 9.17) is 5.11 Å². The first-order chi connectivity index (χ1) is 8.70. The lowest BCUT2D eigenvalue weighted by molar-refractivity contribution is -0.121. The zero-order valence-corrected chi connectivity index (χ0v) is 10.1. The predicted molar refractivity (Wildman–Crippen MR) is 64.9 cm³/mol. The van der Waals surface area contributed by atoms with Gasteiger partial charge in [-0.3, -0.25) is 19.8 Å². The number of imide groups is 1. The molecule has 6 heteroatoms. The lowest BCUT2D eigenvalue weighted by atomic mass is 10.4. The van der Waals surface area contributed by atoms with Crippen molar-refractivity contribution in [3.8, 4) is 0 Å². The van der Waals surface area contributed by atoms with Crippen LogP contribution in [-0.4, -0.2) is 52.5 Å². The number of aliphatic hydroxyl groups is 1. The minimum absolute atomic E-state index is 0.0222. The second-order valence-corrected chi connectivity index (χ2v) is 4.39. The van der Waals surface area contributed by atoms with Crippen molar-refractivity contribution in [1.29, 1.82) is 0 Å². The monoisotopic (exact) mass is 251 g/mol. The van der Waals surface area contributed by atoms with Crippen LogP contribution in [-0.2, 0) is 4.79 Å². The maximum absolute atomic E-state index is 11.7. The first-order valence-corrected chi connectivity index (χ1v) is 6.03. The van der Waals surface area contributed by atoms with Crippen molar-refractivity contribution in [2.75, 3.05) is 19.7 Å². The second-order valence-electron chi connectivity index (χ2n) is 4.39. The molecule has 18 heavy (non-hydrogen) atoms. The van der Waals surface area contributed by atoms with E-state index in [0.29, 0.717) is 18.3 Å². The summed E-state index contributed by atoms with van der Waals surface area (Å²) in [5.74, 6) is -0.764. The number of aromatic amines is 1. The van der Waals surface area contributed by atoms with Gasteiger partial charge in [0.05, 0.1) is 13.2 Å². The van der Waals surface area contributed by atoms with Crippen LogP contribution < -0.4 is 5.32 Å². The molecule has 2 amide bonds. The largest absolute Gasteiger partial charge is 0.395 e. The third kappa shape index (κ3) is 3.41. The SMILES string of the molecule is O=C(CN(CCO)C1CC1)NC(=O)c1ccc[nH]1. The number of amides is 2. The van der Waals surface area contributed by atoms with E-state index in [1.54, 1.807) is 18.3 Å². The van der Waals surface area contributed by atoms with Gasteiger partial charge in [-0.2, -0.15) is 0 Å². The van der Waals surface area contributed by atoms with Crippen LogP contribution in [0.5, 0.6) is 0 Å². The van der Waals surface area contributed by atoms with Crippen LogP contribution >= 0.6 is 0 Å². The van der Waals surface area contributed by atoms with Gasteiger partial charge in [-0.05, 0) is 25.0 Å². The highest BCUT2D eigenvalue weighted by Gasteiger charge is 2.30. The molecule has 98 valence electrons. The molecule has 2 rings (SSSR count). The summed E-state index contributed by atoms with van der Waals surface area (Å²) in [6.07, 6.45) is 3.73. The highest BCUT2D eigenvalue weighted by Crippen LogP contribution is 2.25. The molecular weight excluding hydrogens is 234 g/mol. The number of H-pyrrole nitrogens is 1. The van der Waals surface area contributed by atoms with Crippen LogP contribution in [0.1, 0.15) is 23.3 Å². The molecular formula is C12H17N3O3. The number of nitrogens with zero attached hydrogens (tertiary/aromatic N) is 1. The number of hydrogen-bond acceptors (Lipinski definition) is 4. The Kier molecular flexibility index (Phi) is 4.11. The van der Waals surface area contributed by atoms with Gasteiger partial charge >= 0.3 is 0 Å². The van der Waals surface area contributed by atoms with E-state index < -0.39 is 5.91 Å². The minimum Gasteiger partial charge on any atom is -0.395 e. The molecule has 1 aromatic heterocycles. The highest BCUT2D eigenvalue weighted by molar-refractivity contribution is 6.04. The molecule has 0 unspecified atom stereocenters. The van der Waals surface area contributed by atoms with E-state index in [2.05, 4.69) is 10.3 Å². The number of rotatable bonds is 6. The number of aromatic nitrogens is 1. The van der Waals surface area contributed by atoms with E-state index >= 15 is 0 Å². The molecule has 0 atom stereocenters. The Morgan fingerprint density at radius 1 is 1.50 bits per heavy atom. The fourth-order valence-electron chi connectivity index (χ4n) is 1.85. The average molecular weight is 251 g/mol. The van der Waals surface area contributed by atoms with Gasteiger partial charge < -0.3 is 10.1 Å². The number of aliphatic hydroxyl groups excluding tert-OH is 1. The van der Waals surface area contributed by atoms with E-state index in [1.165, 1.54) is 0 Å². The van der Waals surface area contributed by atoms with Crippen molar-refractivity contribution in [1.82, 2.24) is 15.2 Å². The zero-order chi connectivity index (χ0) is 13.0. The maximum Gasteiger partial charge on any atom is 0.274 e. The van der Waals surface area contributed by atoms with Crippen molar-refractivity contribution < 1.29 is 14.7 Å². The number of hydrogen-bond donors (Lipinski definition) is 3. The summed E-state index contributed by atoms with van der Waals surface area (Å²) >= 11 is 0. The van der Waals surface area contributed by atoms with Crippen LogP contribution in [0.2, 0.25) is 0 Å². The van der Waals surface area contributed by atoms with Gasteiger partial charge in [0.25, 0.3) is 5.91 Å². The molecule has 1 saturated carbocycles. The summed E-state index contributed by atoms with van der Waals surface area (Å²) in [4.78, 5) is 27.9. The van der Waals surface area contributed by atoms with Crippen molar-refractivity contribution in [3.05, 3.63) is 24.0 Å². The number of carbonyl (C=O) groups is 2. The second kappa shape index (κ2) is 5.79. The topological polar surface area (TPSA) is 85.4 Å². The molecule has 1 aliphatic carbocycles. The molecule has 0 aliphatic heterocycles. The number of carbonyl (C=O) groups excluding carboxylic acids is 2. The first kappa shape index (κ1) is 12.8. The molecule has 0 saturated heterocycles. The minimum atomic E-state index is -0.426. The van der Waals surface area contributed by atoms with Gasteiger partial charge in [0.1, 0.15) is 5.69 Å². The van der Waals surface area contributed by atoms with Gasteiger partial charge in [0.15, 0.2) is 0 Å². The summed E-state index contributed by atoms with van der Waals surface area (Å²) in [5.41, 5.74) is 0.364. The van der Waals surface area contributed by atoms with E-state index in [1.807, 2.05) is 4.90 Å². The first-order valence-electron chi connectivity index (χ1n) is 6.03. The Morgan fingerprint density at radius 2 is 2.28 bits per heavy atom. The third-order valence-electron chi connectivity index (χ3n) is 2.89. The van der Waals surface area contributed by atoms with Gasteiger partial charge in [0, 0.05) is 18.8 Å². The summed E-state index contributed by atoms with van der Waals surface area (Å²) in [6, 6.07) is 3.68. The van der Waals surface area contributed by atoms with Gasteiger partial charge in [-0.1, -0.05) is 0 Å². The van der Waals surface area contributed by atoms with E-state index in [-0.39, 0.29) is 19.1 Å². The Hall–Kier alpha value is -1.66.